The molecule has 0 atom stereocenters. The monoisotopic (exact) mass is 563 g/mol. The molecule has 2 aliphatic carbocycles. The number of amides is 1. The number of unbranched alkanes of at least 4 members (excludes halogenated alkanes) is 1. The maximum absolute atomic E-state index is 13.5. The summed E-state index contributed by atoms with van der Waals surface area (Å²) in [5, 5.41) is 5.40. The second-order valence-electron chi connectivity index (χ2n) is 11.3. The van der Waals surface area contributed by atoms with Crippen LogP contribution in [0.1, 0.15) is 83.5 Å². The normalized spacial score (nSPS) is 16.4. The summed E-state index contributed by atoms with van der Waals surface area (Å²) in [6.07, 6.45) is 19.1. The Hall–Kier alpha value is -2.93. The number of hydrogen-bond donors (Lipinski definition) is 0. The highest BCUT2D eigenvalue weighted by molar-refractivity contribution is 6.32. The van der Waals surface area contributed by atoms with Gasteiger partial charge in [-0.25, -0.2) is 9.67 Å². The molecule has 0 radical (unpaired) electrons. The molecule has 40 heavy (non-hydrogen) atoms. The van der Waals surface area contributed by atoms with Crippen LogP contribution in [-0.2, 0) is 11.3 Å². The summed E-state index contributed by atoms with van der Waals surface area (Å²) in [6, 6.07) is 9.81. The fraction of sp³-hybridized carbons (Fsp3) is 0.562. The van der Waals surface area contributed by atoms with Crippen molar-refractivity contribution in [3.63, 3.8) is 0 Å². The van der Waals surface area contributed by atoms with Crippen molar-refractivity contribution < 1.29 is 9.53 Å². The smallest absolute Gasteiger partial charge is 0.222 e. The van der Waals surface area contributed by atoms with Crippen molar-refractivity contribution >= 4 is 17.5 Å². The van der Waals surface area contributed by atoms with Gasteiger partial charge < -0.3 is 9.64 Å². The number of benzene rings is 1. The van der Waals surface area contributed by atoms with Gasteiger partial charge in [0.2, 0.25) is 5.91 Å². The van der Waals surface area contributed by atoms with Crippen molar-refractivity contribution in [2.24, 2.45) is 5.92 Å². The van der Waals surface area contributed by atoms with Crippen LogP contribution in [0.15, 0.2) is 42.7 Å². The summed E-state index contributed by atoms with van der Waals surface area (Å²) in [5.74, 6) is 3.14. The number of pyridine rings is 1. The van der Waals surface area contributed by atoms with E-state index in [1.807, 2.05) is 35.0 Å². The van der Waals surface area contributed by atoms with E-state index in [0.29, 0.717) is 48.1 Å². The molecule has 0 spiro atoms. The van der Waals surface area contributed by atoms with Crippen LogP contribution in [0.4, 0.5) is 0 Å². The van der Waals surface area contributed by atoms with Gasteiger partial charge >= 0.3 is 0 Å². The zero-order valence-corrected chi connectivity index (χ0v) is 24.5. The number of rotatable bonds is 12. The molecule has 0 bridgehead atoms. The molecule has 8 heteroatoms. The highest BCUT2D eigenvalue weighted by atomic mass is 35.5. The van der Waals surface area contributed by atoms with Gasteiger partial charge in [-0.1, -0.05) is 69.4 Å². The Morgan fingerprint density at radius 1 is 1.00 bits per heavy atom. The third-order valence-corrected chi connectivity index (χ3v) is 8.93. The highest BCUT2D eigenvalue weighted by Gasteiger charge is 2.27. The van der Waals surface area contributed by atoms with Crippen LogP contribution in [0.5, 0.6) is 5.75 Å². The van der Waals surface area contributed by atoms with Gasteiger partial charge in [-0.3, -0.25) is 9.78 Å². The van der Waals surface area contributed by atoms with E-state index in [1.165, 1.54) is 51.4 Å². The van der Waals surface area contributed by atoms with Crippen LogP contribution in [0.2, 0.25) is 5.02 Å². The van der Waals surface area contributed by atoms with Crippen molar-refractivity contribution in [1.82, 2.24) is 24.6 Å². The van der Waals surface area contributed by atoms with Gasteiger partial charge in [0, 0.05) is 42.5 Å². The molecule has 1 aromatic carbocycles. The summed E-state index contributed by atoms with van der Waals surface area (Å²) in [6.45, 7) is 1.20. The number of carbonyl (C=O) groups is 1. The maximum Gasteiger partial charge on any atom is 0.222 e. The second-order valence-corrected chi connectivity index (χ2v) is 11.7. The number of carbonyl (C=O) groups excluding carboxylic acids is 1. The van der Waals surface area contributed by atoms with Crippen molar-refractivity contribution in [2.45, 2.75) is 96.1 Å². The van der Waals surface area contributed by atoms with Crippen molar-refractivity contribution in [3.8, 4) is 28.5 Å². The van der Waals surface area contributed by atoms with Gasteiger partial charge in [0.05, 0.1) is 18.7 Å². The standard InChI is InChI=1S/C32H42ClN5O2/c1-40-29-16-15-26(23-28(29)33)32-35-31(25-17-19-34-20-18-25)36-38(32)22-21-37(27-12-6-7-13-27)30(39)14-8-5-11-24-9-3-2-4-10-24/h15-20,23-24,27H,2-14,21-22H2,1H3. The number of methoxy groups -OCH3 is 1. The number of aromatic nitrogens is 4. The second kappa shape index (κ2) is 14.1. The van der Waals surface area contributed by atoms with Crippen molar-refractivity contribution in [3.05, 3.63) is 47.7 Å². The number of halogens is 1. The highest BCUT2D eigenvalue weighted by Crippen LogP contribution is 2.32. The summed E-state index contributed by atoms with van der Waals surface area (Å²) in [7, 11) is 1.61. The average molecular weight is 564 g/mol. The minimum Gasteiger partial charge on any atom is -0.495 e. The van der Waals surface area contributed by atoms with Gasteiger partial charge in [-0.15, -0.1) is 0 Å². The lowest BCUT2D eigenvalue weighted by molar-refractivity contribution is -0.133. The Balaban J connectivity index is 1.30. The first-order valence-electron chi connectivity index (χ1n) is 15.1. The van der Waals surface area contributed by atoms with Crippen molar-refractivity contribution in [2.75, 3.05) is 13.7 Å². The van der Waals surface area contributed by atoms with Gasteiger partial charge in [0.15, 0.2) is 11.6 Å². The topological polar surface area (TPSA) is 73.1 Å². The number of hydrogen-bond acceptors (Lipinski definition) is 5. The van der Waals surface area contributed by atoms with E-state index in [4.69, 9.17) is 26.4 Å². The molecule has 0 unspecified atom stereocenters. The van der Waals surface area contributed by atoms with E-state index in [9.17, 15) is 4.79 Å². The molecule has 5 rings (SSSR count). The Labute approximate surface area is 243 Å². The maximum atomic E-state index is 13.5. The molecule has 2 saturated carbocycles. The third kappa shape index (κ3) is 7.22. The predicted octanol–water partition coefficient (Wildman–Crippen LogP) is 7.58. The molecule has 0 N–H and O–H groups in total. The SMILES string of the molecule is COc1ccc(-c2nc(-c3ccncc3)nn2CCN(C(=O)CCCCC2CCCCC2)C2CCCC2)cc1Cl. The summed E-state index contributed by atoms with van der Waals surface area (Å²) < 4.78 is 7.27. The predicted molar refractivity (Wildman–Crippen MR) is 159 cm³/mol. The van der Waals surface area contributed by atoms with E-state index in [-0.39, 0.29) is 0 Å². The van der Waals surface area contributed by atoms with Crippen LogP contribution in [0, 0.1) is 5.92 Å². The Morgan fingerprint density at radius 3 is 2.48 bits per heavy atom. The molecule has 2 aromatic heterocycles. The van der Waals surface area contributed by atoms with E-state index >= 15 is 0 Å². The third-order valence-electron chi connectivity index (χ3n) is 8.64. The van der Waals surface area contributed by atoms with Crippen LogP contribution >= 0.6 is 11.6 Å². The molecule has 214 valence electrons. The molecule has 7 nitrogen and oxygen atoms in total. The fourth-order valence-electron chi connectivity index (χ4n) is 6.40. The molecule has 0 saturated heterocycles. The average Bonchev–Trinajstić information content (AvgIpc) is 3.67. The van der Waals surface area contributed by atoms with E-state index in [2.05, 4.69) is 9.88 Å². The molecule has 2 heterocycles. The van der Waals surface area contributed by atoms with Gasteiger partial charge in [0.1, 0.15) is 5.75 Å². The largest absolute Gasteiger partial charge is 0.495 e. The first kappa shape index (κ1) is 28.6. The van der Waals surface area contributed by atoms with Crippen LogP contribution in [0.3, 0.4) is 0 Å². The Kier molecular flexibility index (Phi) is 10.1. The molecule has 2 aliphatic rings. The summed E-state index contributed by atoms with van der Waals surface area (Å²) in [4.78, 5) is 24.7. The lowest BCUT2D eigenvalue weighted by Crippen LogP contribution is -2.41. The van der Waals surface area contributed by atoms with E-state index in [0.717, 1.165) is 48.6 Å². The minimum absolute atomic E-state index is 0.291. The fourth-order valence-corrected chi connectivity index (χ4v) is 6.66. The minimum atomic E-state index is 0.291. The molecule has 1 amide bonds. The van der Waals surface area contributed by atoms with Crippen LogP contribution in [-0.4, -0.2) is 50.3 Å². The molecule has 0 aliphatic heterocycles. The van der Waals surface area contributed by atoms with E-state index in [1.54, 1.807) is 19.5 Å². The molecular formula is C32H42ClN5O2. The van der Waals surface area contributed by atoms with Crippen LogP contribution in [0.25, 0.3) is 22.8 Å². The molecule has 3 aromatic rings. The van der Waals surface area contributed by atoms with E-state index < -0.39 is 0 Å². The Bertz CT molecular complexity index is 1240. The zero-order chi connectivity index (χ0) is 27.7. The van der Waals surface area contributed by atoms with Gasteiger partial charge in [0.25, 0.3) is 0 Å². The summed E-state index contributed by atoms with van der Waals surface area (Å²) >= 11 is 6.48. The van der Waals surface area contributed by atoms with Gasteiger partial charge in [-0.05, 0) is 55.5 Å². The lowest BCUT2D eigenvalue weighted by Gasteiger charge is -2.29. The van der Waals surface area contributed by atoms with Crippen LogP contribution < -0.4 is 4.74 Å². The number of nitrogens with zero attached hydrogens (tertiary/aromatic N) is 5. The van der Waals surface area contributed by atoms with Gasteiger partial charge in [-0.2, -0.15) is 5.10 Å². The lowest BCUT2D eigenvalue weighted by atomic mass is 9.85. The quantitative estimate of drug-likeness (QED) is 0.212. The number of ether oxygens (including phenoxy) is 1. The molecular weight excluding hydrogens is 522 g/mol. The van der Waals surface area contributed by atoms with Crippen molar-refractivity contribution in [1.29, 1.82) is 0 Å². The summed E-state index contributed by atoms with van der Waals surface area (Å²) in [5.41, 5.74) is 1.76. The zero-order valence-electron chi connectivity index (χ0n) is 23.7. The Morgan fingerprint density at radius 2 is 1.75 bits per heavy atom. The molecule has 2 fully saturated rings. The first-order chi connectivity index (χ1) is 19.6. The first-order valence-corrected chi connectivity index (χ1v) is 15.5.